The number of hydrogen-bond acceptors (Lipinski definition) is 3. The van der Waals surface area contributed by atoms with E-state index in [9.17, 15) is 0 Å². The van der Waals surface area contributed by atoms with Crippen LogP contribution in [0.25, 0.3) is 0 Å². The molecule has 0 bridgehead atoms. The van der Waals surface area contributed by atoms with Crippen LogP contribution >= 0.6 is 11.5 Å². The second-order valence-electron chi connectivity index (χ2n) is 2.39. The first-order valence-electron chi connectivity index (χ1n) is 3.36. The Labute approximate surface area is 70.6 Å². The fraction of sp³-hybridized carbons (Fsp3) is 0.375. The Balaban J connectivity index is 2.70. The van der Waals surface area contributed by atoms with E-state index in [4.69, 9.17) is 12.2 Å². The number of rotatable bonds is 2. The maximum absolute atomic E-state index is 5.75. The van der Waals surface area contributed by atoms with Crippen LogP contribution in [0.2, 0.25) is 0 Å². The molecule has 2 nitrogen and oxygen atoms in total. The van der Waals surface area contributed by atoms with Gasteiger partial charge in [0.05, 0.1) is 11.7 Å². The highest BCUT2D eigenvalue weighted by atomic mass is 32.1. The Morgan fingerprint density at radius 3 is 3.09 bits per heavy atom. The standard InChI is InChI=1S/C8H10N2S/c1-3-4-7(9)8-5-6(2)10-11-8/h1,5,7H,4,9H2,2H3/t7-/m0/s1. The smallest absolute Gasteiger partial charge is 0.0516 e. The lowest BCUT2D eigenvalue weighted by Gasteiger charge is -2.01. The van der Waals surface area contributed by atoms with Gasteiger partial charge in [-0.1, -0.05) is 0 Å². The maximum atomic E-state index is 5.75. The summed E-state index contributed by atoms with van der Waals surface area (Å²) in [7, 11) is 0. The summed E-state index contributed by atoms with van der Waals surface area (Å²) in [6.07, 6.45) is 5.71. The van der Waals surface area contributed by atoms with Crippen LogP contribution in [0.5, 0.6) is 0 Å². The molecule has 0 fully saturated rings. The van der Waals surface area contributed by atoms with Crippen LogP contribution in [0.4, 0.5) is 0 Å². The summed E-state index contributed by atoms with van der Waals surface area (Å²) in [6.45, 7) is 1.95. The van der Waals surface area contributed by atoms with Crippen LogP contribution in [0, 0.1) is 19.3 Å². The van der Waals surface area contributed by atoms with Crippen molar-refractivity contribution in [3.63, 3.8) is 0 Å². The molecule has 58 valence electrons. The van der Waals surface area contributed by atoms with Crippen molar-refractivity contribution in [3.8, 4) is 12.3 Å². The van der Waals surface area contributed by atoms with Gasteiger partial charge >= 0.3 is 0 Å². The quantitative estimate of drug-likeness (QED) is 0.676. The number of nitrogens with two attached hydrogens (primary N) is 1. The lowest BCUT2D eigenvalue weighted by Crippen LogP contribution is -2.06. The predicted octanol–water partition coefficient (Wildman–Crippen LogP) is 1.47. The summed E-state index contributed by atoms with van der Waals surface area (Å²) in [5.41, 5.74) is 6.76. The Morgan fingerprint density at radius 1 is 1.91 bits per heavy atom. The Kier molecular flexibility index (Phi) is 2.64. The molecule has 0 unspecified atom stereocenters. The number of aryl methyl sites for hydroxylation is 1. The summed E-state index contributed by atoms with van der Waals surface area (Å²) >= 11 is 1.43. The van der Waals surface area contributed by atoms with E-state index in [0.29, 0.717) is 6.42 Å². The van der Waals surface area contributed by atoms with Crippen LogP contribution < -0.4 is 5.73 Å². The van der Waals surface area contributed by atoms with Crippen molar-refractivity contribution in [1.29, 1.82) is 0 Å². The van der Waals surface area contributed by atoms with Gasteiger partial charge in [0.2, 0.25) is 0 Å². The minimum atomic E-state index is -0.0359. The van der Waals surface area contributed by atoms with Crippen molar-refractivity contribution in [2.45, 2.75) is 19.4 Å². The highest BCUT2D eigenvalue weighted by Crippen LogP contribution is 2.18. The molecule has 0 saturated carbocycles. The molecule has 0 aliphatic carbocycles. The SMILES string of the molecule is C#CC[C@H](N)c1cc(C)ns1. The number of aromatic nitrogens is 1. The highest BCUT2D eigenvalue weighted by molar-refractivity contribution is 7.05. The van der Waals surface area contributed by atoms with Crippen LogP contribution in [-0.4, -0.2) is 4.37 Å². The van der Waals surface area contributed by atoms with E-state index >= 15 is 0 Å². The maximum Gasteiger partial charge on any atom is 0.0516 e. The first-order valence-corrected chi connectivity index (χ1v) is 4.13. The highest BCUT2D eigenvalue weighted by Gasteiger charge is 2.06. The molecule has 2 N–H and O–H groups in total. The van der Waals surface area contributed by atoms with E-state index in [2.05, 4.69) is 10.3 Å². The van der Waals surface area contributed by atoms with Crippen molar-refractivity contribution < 1.29 is 0 Å². The molecule has 1 aromatic heterocycles. The van der Waals surface area contributed by atoms with Gasteiger partial charge < -0.3 is 5.73 Å². The second-order valence-corrected chi connectivity index (χ2v) is 3.22. The zero-order valence-electron chi connectivity index (χ0n) is 6.37. The predicted molar refractivity (Wildman–Crippen MR) is 47.2 cm³/mol. The third-order valence-electron chi connectivity index (χ3n) is 1.35. The third-order valence-corrected chi connectivity index (χ3v) is 2.36. The summed E-state index contributed by atoms with van der Waals surface area (Å²) in [4.78, 5) is 1.07. The second kappa shape index (κ2) is 3.51. The fourth-order valence-corrected chi connectivity index (χ4v) is 1.53. The monoisotopic (exact) mass is 166 g/mol. The zero-order chi connectivity index (χ0) is 8.27. The van der Waals surface area contributed by atoms with Crippen molar-refractivity contribution in [3.05, 3.63) is 16.6 Å². The summed E-state index contributed by atoms with van der Waals surface area (Å²) in [5, 5.41) is 0. The average molecular weight is 166 g/mol. The minimum absolute atomic E-state index is 0.0359. The van der Waals surface area contributed by atoms with Gasteiger partial charge in [-0.15, -0.1) is 12.3 Å². The van der Waals surface area contributed by atoms with E-state index in [1.54, 1.807) is 0 Å². The molecule has 0 aliphatic rings. The molecule has 1 rings (SSSR count). The van der Waals surface area contributed by atoms with Gasteiger partial charge in [-0.3, -0.25) is 0 Å². The lowest BCUT2D eigenvalue weighted by molar-refractivity contribution is 0.771. The largest absolute Gasteiger partial charge is 0.322 e. The van der Waals surface area contributed by atoms with Crippen LogP contribution in [-0.2, 0) is 0 Å². The molecule has 0 spiro atoms. The number of nitrogens with zero attached hydrogens (tertiary/aromatic N) is 1. The van der Waals surface area contributed by atoms with Crippen molar-refractivity contribution >= 4 is 11.5 Å². The average Bonchev–Trinajstić information content (AvgIpc) is 2.36. The topological polar surface area (TPSA) is 38.9 Å². The van der Waals surface area contributed by atoms with Gasteiger partial charge in [0, 0.05) is 11.3 Å². The van der Waals surface area contributed by atoms with Gasteiger partial charge in [0.15, 0.2) is 0 Å². The van der Waals surface area contributed by atoms with Crippen LogP contribution in [0.3, 0.4) is 0 Å². The summed E-state index contributed by atoms with van der Waals surface area (Å²) in [5.74, 6) is 2.53. The van der Waals surface area contributed by atoms with Gasteiger partial charge in [0.25, 0.3) is 0 Å². The van der Waals surface area contributed by atoms with Gasteiger partial charge in [0.1, 0.15) is 0 Å². The fourth-order valence-electron chi connectivity index (χ4n) is 0.786. The molecule has 1 heterocycles. The normalized spacial score (nSPS) is 12.5. The third kappa shape index (κ3) is 2.04. The zero-order valence-corrected chi connectivity index (χ0v) is 7.19. The van der Waals surface area contributed by atoms with E-state index in [1.165, 1.54) is 11.5 Å². The minimum Gasteiger partial charge on any atom is -0.322 e. The van der Waals surface area contributed by atoms with Crippen molar-refractivity contribution in [1.82, 2.24) is 4.37 Å². The molecule has 11 heavy (non-hydrogen) atoms. The molecular weight excluding hydrogens is 156 g/mol. The molecule has 0 amide bonds. The Bertz CT molecular complexity index is 272. The van der Waals surface area contributed by atoms with E-state index in [-0.39, 0.29) is 6.04 Å². The molecule has 3 heteroatoms. The molecule has 1 atom stereocenters. The van der Waals surface area contributed by atoms with Gasteiger partial charge in [-0.2, -0.15) is 4.37 Å². The molecule has 0 aromatic carbocycles. The van der Waals surface area contributed by atoms with Crippen LogP contribution in [0.15, 0.2) is 6.07 Å². The first-order chi connectivity index (χ1) is 5.24. The van der Waals surface area contributed by atoms with E-state index < -0.39 is 0 Å². The summed E-state index contributed by atoms with van der Waals surface area (Å²) < 4.78 is 4.11. The first kappa shape index (κ1) is 8.25. The molecule has 0 aliphatic heterocycles. The Morgan fingerprint density at radius 2 is 2.64 bits per heavy atom. The van der Waals surface area contributed by atoms with Crippen molar-refractivity contribution in [2.75, 3.05) is 0 Å². The molecule has 0 radical (unpaired) electrons. The summed E-state index contributed by atoms with van der Waals surface area (Å²) in [6, 6.07) is 1.94. The van der Waals surface area contributed by atoms with Crippen LogP contribution in [0.1, 0.15) is 23.0 Å². The number of hydrogen-bond donors (Lipinski definition) is 1. The molecule has 1 aromatic rings. The Hall–Kier alpha value is -0.850. The van der Waals surface area contributed by atoms with Crippen molar-refractivity contribution in [2.24, 2.45) is 5.73 Å². The number of terminal acetylenes is 1. The molecular formula is C8H10N2S. The molecule has 0 saturated heterocycles. The van der Waals surface area contributed by atoms with E-state index in [1.807, 2.05) is 13.0 Å². The van der Waals surface area contributed by atoms with Gasteiger partial charge in [-0.25, -0.2) is 0 Å². The van der Waals surface area contributed by atoms with E-state index in [0.717, 1.165) is 10.6 Å². The lowest BCUT2D eigenvalue weighted by atomic mass is 10.2. The van der Waals surface area contributed by atoms with Gasteiger partial charge in [-0.05, 0) is 24.5 Å².